The first-order chi connectivity index (χ1) is 13.2. The lowest BCUT2D eigenvalue weighted by atomic mass is 10.0. The summed E-state index contributed by atoms with van der Waals surface area (Å²) in [5.74, 6) is 1.96. The Morgan fingerprint density at radius 1 is 1.04 bits per heavy atom. The van der Waals surface area contributed by atoms with Crippen LogP contribution >= 0.6 is 0 Å². The van der Waals surface area contributed by atoms with Gasteiger partial charge < -0.3 is 14.2 Å². The molecule has 6 nitrogen and oxygen atoms in total. The van der Waals surface area contributed by atoms with Crippen molar-refractivity contribution in [2.75, 3.05) is 13.9 Å². The SMILES string of the molecule is COc1cc(-c2cc(C)c3ccc(-c4ccn[nH]4)cc3n2)cc2c1OCO2. The molecule has 0 unspecified atom stereocenters. The number of methoxy groups -OCH3 is 1. The molecule has 4 aromatic rings. The van der Waals surface area contributed by atoms with Crippen LogP contribution in [-0.4, -0.2) is 29.1 Å². The van der Waals surface area contributed by atoms with E-state index in [1.54, 1.807) is 13.3 Å². The predicted molar refractivity (Wildman–Crippen MR) is 102 cm³/mol. The number of aryl methyl sites for hydroxylation is 1. The van der Waals surface area contributed by atoms with Gasteiger partial charge in [0, 0.05) is 22.7 Å². The molecule has 0 radical (unpaired) electrons. The summed E-state index contributed by atoms with van der Waals surface area (Å²) in [6, 6.07) is 14.1. The number of pyridine rings is 1. The molecule has 6 heteroatoms. The average molecular weight is 359 g/mol. The second-order valence-electron chi connectivity index (χ2n) is 6.44. The van der Waals surface area contributed by atoms with E-state index in [2.05, 4.69) is 41.4 Å². The number of hydrogen-bond donors (Lipinski definition) is 1. The zero-order valence-electron chi connectivity index (χ0n) is 14.9. The lowest BCUT2D eigenvalue weighted by Gasteiger charge is -2.11. The number of aromatic nitrogens is 3. The highest BCUT2D eigenvalue weighted by atomic mass is 16.7. The van der Waals surface area contributed by atoms with Crippen LogP contribution in [-0.2, 0) is 0 Å². The van der Waals surface area contributed by atoms with E-state index < -0.39 is 0 Å². The molecule has 2 aromatic heterocycles. The van der Waals surface area contributed by atoms with Crippen LogP contribution in [0.1, 0.15) is 5.56 Å². The normalized spacial score (nSPS) is 12.5. The highest BCUT2D eigenvalue weighted by Crippen LogP contribution is 2.44. The number of nitrogens with zero attached hydrogens (tertiary/aromatic N) is 2. The van der Waals surface area contributed by atoms with Gasteiger partial charge in [-0.1, -0.05) is 12.1 Å². The van der Waals surface area contributed by atoms with Gasteiger partial charge in [0.2, 0.25) is 12.5 Å². The van der Waals surface area contributed by atoms with Crippen molar-refractivity contribution >= 4 is 10.9 Å². The van der Waals surface area contributed by atoms with Crippen LogP contribution in [0.4, 0.5) is 0 Å². The minimum Gasteiger partial charge on any atom is -0.493 e. The number of fused-ring (bicyclic) bond motifs is 2. The van der Waals surface area contributed by atoms with Crippen molar-refractivity contribution in [1.29, 1.82) is 0 Å². The third-order valence-electron chi connectivity index (χ3n) is 4.78. The number of H-pyrrole nitrogens is 1. The van der Waals surface area contributed by atoms with Gasteiger partial charge >= 0.3 is 0 Å². The second-order valence-corrected chi connectivity index (χ2v) is 6.44. The smallest absolute Gasteiger partial charge is 0.231 e. The number of nitrogens with one attached hydrogen (secondary N) is 1. The van der Waals surface area contributed by atoms with E-state index in [0.717, 1.165) is 39.0 Å². The fraction of sp³-hybridized carbons (Fsp3) is 0.143. The second kappa shape index (κ2) is 6.02. The van der Waals surface area contributed by atoms with Crippen LogP contribution in [0.15, 0.2) is 48.7 Å². The van der Waals surface area contributed by atoms with Gasteiger partial charge in [-0.15, -0.1) is 0 Å². The molecule has 0 saturated heterocycles. The van der Waals surface area contributed by atoms with Gasteiger partial charge in [-0.05, 0) is 42.8 Å². The summed E-state index contributed by atoms with van der Waals surface area (Å²) >= 11 is 0. The van der Waals surface area contributed by atoms with Gasteiger partial charge in [0.1, 0.15) is 0 Å². The van der Waals surface area contributed by atoms with Crippen molar-refractivity contribution < 1.29 is 14.2 Å². The number of rotatable bonds is 3. The van der Waals surface area contributed by atoms with E-state index in [4.69, 9.17) is 19.2 Å². The van der Waals surface area contributed by atoms with E-state index in [0.29, 0.717) is 17.2 Å². The molecule has 3 heterocycles. The zero-order valence-corrected chi connectivity index (χ0v) is 14.9. The molecule has 2 aromatic carbocycles. The Morgan fingerprint density at radius 3 is 2.78 bits per heavy atom. The molecule has 0 spiro atoms. The Morgan fingerprint density at radius 2 is 1.96 bits per heavy atom. The summed E-state index contributed by atoms with van der Waals surface area (Å²) in [4.78, 5) is 4.89. The van der Waals surface area contributed by atoms with E-state index in [1.807, 2.05) is 18.2 Å². The molecular weight excluding hydrogens is 342 g/mol. The minimum atomic E-state index is 0.201. The molecule has 0 atom stereocenters. The third-order valence-corrected chi connectivity index (χ3v) is 4.78. The average Bonchev–Trinajstić information content (AvgIpc) is 3.38. The third kappa shape index (κ3) is 2.57. The molecule has 0 aliphatic carbocycles. The standard InChI is InChI=1S/C21H17N3O3/c1-12-7-17(14-9-19(25-2)21-20(10-14)26-11-27-21)23-18-8-13(3-4-15(12)18)16-5-6-22-24-16/h3-10H,11H2,1-2H3,(H,22,24). The molecule has 1 aliphatic rings. The molecule has 1 N–H and O–H groups in total. The van der Waals surface area contributed by atoms with Gasteiger partial charge in [-0.25, -0.2) is 4.98 Å². The topological polar surface area (TPSA) is 69.3 Å². The van der Waals surface area contributed by atoms with Crippen LogP contribution < -0.4 is 14.2 Å². The van der Waals surface area contributed by atoms with Crippen molar-refractivity contribution in [1.82, 2.24) is 15.2 Å². The lowest BCUT2D eigenvalue weighted by molar-refractivity contribution is 0.171. The maximum atomic E-state index is 5.55. The maximum absolute atomic E-state index is 5.55. The van der Waals surface area contributed by atoms with Crippen LogP contribution in [0.2, 0.25) is 0 Å². The number of aromatic amines is 1. The highest BCUT2D eigenvalue weighted by Gasteiger charge is 2.21. The van der Waals surface area contributed by atoms with Gasteiger partial charge in [-0.2, -0.15) is 5.10 Å². The molecule has 1 aliphatic heterocycles. The van der Waals surface area contributed by atoms with Crippen LogP contribution in [0.5, 0.6) is 17.2 Å². The zero-order chi connectivity index (χ0) is 18.4. The Bertz CT molecular complexity index is 1150. The molecule has 27 heavy (non-hydrogen) atoms. The number of ether oxygens (including phenoxy) is 3. The van der Waals surface area contributed by atoms with Crippen LogP contribution in [0.25, 0.3) is 33.4 Å². The summed E-state index contributed by atoms with van der Waals surface area (Å²) in [6.45, 7) is 2.29. The fourth-order valence-corrected chi connectivity index (χ4v) is 3.41. The minimum absolute atomic E-state index is 0.201. The first kappa shape index (κ1) is 15.7. The summed E-state index contributed by atoms with van der Waals surface area (Å²) in [6.07, 6.45) is 1.74. The lowest BCUT2D eigenvalue weighted by Crippen LogP contribution is -1.93. The quantitative estimate of drug-likeness (QED) is 0.589. The molecule has 0 saturated carbocycles. The van der Waals surface area contributed by atoms with Crippen molar-refractivity contribution in [2.24, 2.45) is 0 Å². The van der Waals surface area contributed by atoms with Crippen molar-refractivity contribution in [3.05, 3.63) is 54.2 Å². The Kier molecular flexibility index (Phi) is 3.50. The monoisotopic (exact) mass is 359 g/mol. The van der Waals surface area contributed by atoms with E-state index in [9.17, 15) is 0 Å². The van der Waals surface area contributed by atoms with Gasteiger partial charge in [-0.3, -0.25) is 5.10 Å². The first-order valence-electron chi connectivity index (χ1n) is 8.62. The van der Waals surface area contributed by atoms with E-state index >= 15 is 0 Å². The number of benzene rings is 2. The van der Waals surface area contributed by atoms with Gasteiger partial charge in [0.05, 0.1) is 24.0 Å². The summed E-state index contributed by atoms with van der Waals surface area (Å²) < 4.78 is 16.5. The summed E-state index contributed by atoms with van der Waals surface area (Å²) in [7, 11) is 1.62. The maximum Gasteiger partial charge on any atom is 0.231 e. The molecule has 0 fully saturated rings. The first-order valence-corrected chi connectivity index (χ1v) is 8.62. The van der Waals surface area contributed by atoms with Crippen molar-refractivity contribution in [3.8, 4) is 39.8 Å². The van der Waals surface area contributed by atoms with Gasteiger partial charge in [0.15, 0.2) is 11.5 Å². The number of hydrogen-bond acceptors (Lipinski definition) is 5. The molecule has 0 bridgehead atoms. The van der Waals surface area contributed by atoms with Crippen LogP contribution in [0, 0.1) is 6.92 Å². The molecule has 5 rings (SSSR count). The Labute approximate surface area is 155 Å². The Hall–Kier alpha value is -3.54. The summed E-state index contributed by atoms with van der Waals surface area (Å²) in [5.41, 5.74) is 5.88. The van der Waals surface area contributed by atoms with Crippen molar-refractivity contribution in [2.45, 2.75) is 6.92 Å². The predicted octanol–water partition coefficient (Wildman–Crippen LogP) is 4.34. The molecule has 0 amide bonds. The van der Waals surface area contributed by atoms with Crippen molar-refractivity contribution in [3.63, 3.8) is 0 Å². The highest BCUT2D eigenvalue weighted by molar-refractivity contribution is 5.88. The molecule has 134 valence electrons. The van der Waals surface area contributed by atoms with Crippen LogP contribution in [0.3, 0.4) is 0 Å². The van der Waals surface area contributed by atoms with Gasteiger partial charge in [0.25, 0.3) is 0 Å². The largest absolute Gasteiger partial charge is 0.493 e. The fourth-order valence-electron chi connectivity index (χ4n) is 3.41. The molecular formula is C21H17N3O3. The Balaban J connectivity index is 1.68. The van der Waals surface area contributed by atoms with E-state index in [1.165, 1.54) is 0 Å². The summed E-state index contributed by atoms with van der Waals surface area (Å²) in [5, 5.41) is 8.15. The van der Waals surface area contributed by atoms with E-state index in [-0.39, 0.29) is 6.79 Å².